The smallest absolute Gasteiger partial charge is 0.166 e. The number of nitrogens with zero attached hydrogens (tertiary/aromatic N) is 2. The van der Waals surface area contributed by atoms with E-state index in [0.717, 1.165) is 29.8 Å². The van der Waals surface area contributed by atoms with Crippen molar-refractivity contribution in [2.45, 2.75) is 26.2 Å². The Balaban J connectivity index is 1.88. The molecule has 1 aromatic carbocycles. The van der Waals surface area contributed by atoms with Gasteiger partial charge in [0.25, 0.3) is 0 Å². The van der Waals surface area contributed by atoms with Crippen LogP contribution in [0.5, 0.6) is 0 Å². The summed E-state index contributed by atoms with van der Waals surface area (Å²) in [5.74, 6) is 0.249. The summed E-state index contributed by atoms with van der Waals surface area (Å²) >= 11 is 6.29. The molecule has 3 rings (SSSR count). The van der Waals surface area contributed by atoms with Gasteiger partial charge in [0.15, 0.2) is 5.78 Å². The second kappa shape index (κ2) is 5.06. The Bertz CT molecular complexity index is 675. The number of benzene rings is 1. The molecular weight excluding hydrogens is 272 g/mol. The summed E-state index contributed by atoms with van der Waals surface area (Å²) in [5, 5.41) is 5.01. The van der Waals surface area contributed by atoms with E-state index >= 15 is 0 Å². The zero-order valence-electron chi connectivity index (χ0n) is 11.7. The molecule has 0 aliphatic heterocycles. The third-order valence-corrected chi connectivity index (χ3v) is 4.61. The predicted molar refractivity (Wildman–Crippen MR) is 79.2 cm³/mol. The lowest BCUT2D eigenvalue weighted by molar-refractivity contribution is 0.0900. The van der Waals surface area contributed by atoms with Crippen molar-refractivity contribution in [1.29, 1.82) is 0 Å². The van der Waals surface area contributed by atoms with Gasteiger partial charge in [0, 0.05) is 24.9 Å². The van der Waals surface area contributed by atoms with Crippen molar-refractivity contribution >= 4 is 17.4 Å². The summed E-state index contributed by atoms with van der Waals surface area (Å²) in [4.78, 5) is 12.6. The van der Waals surface area contributed by atoms with Crippen LogP contribution in [0.3, 0.4) is 0 Å². The summed E-state index contributed by atoms with van der Waals surface area (Å²) in [7, 11) is 1.88. The maximum Gasteiger partial charge on any atom is 0.166 e. The van der Waals surface area contributed by atoms with Crippen LogP contribution in [0.15, 0.2) is 24.3 Å². The second-order valence-electron chi connectivity index (χ2n) is 5.43. The van der Waals surface area contributed by atoms with Crippen LogP contribution in [0.1, 0.15) is 33.7 Å². The zero-order valence-corrected chi connectivity index (χ0v) is 12.4. The van der Waals surface area contributed by atoms with Gasteiger partial charge in [-0.1, -0.05) is 35.9 Å². The maximum atomic E-state index is 12.6. The van der Waals surface area contributed by atoms with Gasteiger partial charge < -0.3 is 0 Å². The van der Waals surface area contributed by atoms with Gasteiger partial charge in [0.05, 0.1) is 16.4 Å². The highest BCUT2D eigenvalue weighted by atomic mass is 35.5. The first kappa shape index (κ1) is 13.4. The molecule has 2 aromatic rings. The highest BCUT2D eigenvalue weighted by Crippen LogP contribution is 2.30. The molecule has 0 radical (unpaired) electrons. The first-order valence-electron chi connectivity index (χ1n) is 6.88. The molecule has 104 valence electrons. The van der Waals surface area contributed by atoms with Crippen LogP contribution in [-0.2, 0) is 19.9 Å². The number of carbonyl (C=O) groups is 1. The summed E-state index contributed by atoms with van der Waals surface area (Å²) in [6.45, 7) is 1.89. The number of carbonyl (C=O) groups excluding carboxylic acids is 1. The minimum atomic E-state index is 0.0113. The number of fused-ring (bicyclic) bond motifs is 1. The minimum Gasteiger partial charge on any atom is -0.294 e. The molecule has 4 heteroatoms. The van der Waals surface area contributed by atoms with E-state index in [4.69, 9.17) is 11.6 Å². The summed E-state index contributed by atoms with van der Waals surface area (Å²) in [6, 6.07) is 7.90. The Morgan fingerprint density at radius 1 is 1.40 bits per heavy atom. The lowest BCUT2D eigenvalue weighted by atomic mass is 9.80. The molecule has 0 spiro atoms. The minimum absolute atomic E-state index is 0.0113. The van der Waals surface area contributed by atoms with Gasteiger partial charge in [0.1, 0.15) is 0 Å². The van der Waals surface area contributed by atoms with Crippen LogP contribution < -0.4 is 0 Å². The molecule has 0 saturated heterocycles. The van der Waals surface area contributed by atoms with Gasteiger partial charge in [-0.3, -0.25) is 9.48 Å². The average Bonchev–Trinajstić information content (AvgIpc) is 2.68. The van der Waals surface area contributed by atoms with E-state index in [1.54, 1.807) is 4.68 Å². The average molecular weight is 289 g/mol. The molecule has 1 heterocycles. The van der Waals surface area contributed by atoms with E-state index in [0.29, 0.717) is 11.4 Å². The zero-order chi connectivity index (χ0) is 14.3. The molecular formula is C16H17ClN2O. The lowest BCUT2D eigenvalue weighted by Crippen LogP contribution is -2.25. The second-order valence-corrected chi connectivity index (χ2v) is 5.81. The lowest BCUT2D eigenvalue weighted by Gasteiger charge is -2.23. The molecule has 0 N–H and O–H groups in total. The molecule has 0 saturated carbocycles. The van der Waals surface area contributed by atoms with Crippen LogP contribution >= 0.6 is 11.6 Å². The van der Waals surface area contributed by atoms with Crippen molar-refractivity contribution in [3.8, 4) is 0 Å². The first-order valence-corrected chi connectivity index (χ1v) is 7.26. The molecule has 0 amide bonds. The molecule has 20 heavy (non-hydrogen) atoms. The van der Waals surface area contributed by atoms with E-state index in [-0.39, 0.29) is 11.7 Å². The number of halogens is 1. The Morgan fingerprint density at radius 2 is 2.15 bits per heavy atom. The molecule has 1 aromatic heterocycles. The van der Waals surface area contributed by atoms with Crippen LogP contribution in [-0.4, -0.2) is 15.6 Å². The van der Waals surface area contributed by atoms with Crippen molar-refractivity contribution in [3.05, 3.63) is 51.8 Å². The first-order chi connectivity index (χ1) is 9.58. The molecule has 1 atom stereocenters. The van der Waals surface area contributed by atoms with Gasteiger partial charge in [-0.05, 0) is 25.3 Å². The Kier molecular flexibility index (Phi) is 3.38. The summed E-state index contributed by atoms with van der Waals surface area (Å²) in [6.07, 6.45) is 2.51. The number of hydrogen-bond acceptors (Lipinski definition) is 2. The highest BCUT2D eigenvalue weighted by molar-refractivity contribution is 6.31. The monoisotopic (exact) mass is 288 g/mol. The van der Waals surface area contributed by atoms with Crippen LogP contribution in [0, 0.1) is 12.8 Å². The number of hydrogen-bond donors (Lipinski definition) is 0. The van der Waals surface area contributed by atoms with Crippen molar-refractivity contribution in [3.63, 3.8) is 0 Å². The molecule has 1 aliphatic carbocycles. The van der Waals surface area contributed by atoms with Gasteiger partial charge in [0.2, 0.25) is 0 Å². The largest absolute Gasteiger partial charge is 0.294 e. The summed E-state index contributed by atoms with van der Waals surface area (Å²) < 4.78 is 1.80. The van der Waals surface area contributed by atoms with E-state index < -0.39 is 0 Å². The van der Waals surface area contributed by atoms with Crippen molar-refractivity contribution in [2.75, 3.05) is 0 Å². The molecule has 0 fully saturated rings. The van der Waals surface area contributed by atoms with Crippen molar-refractivity contribution in [2.24, 2.45) is 13.0 Å². The fourth-order valence-corrected chi connectivity index (χ4v) is 3.23. The number of ketones is 1. The van der Waals surface area contributed by atoms with Gasteiger partial charge in [-0.2, -0.15) is 5.10 Å². The Hall–Kier alpha value is -1.61. The SMILES string of the molecule is Cc1nn(C)c(CC2CCc3ccccc3C2=O)c1Cl. The fraction of sp³-hybridized carbons (Fsp3) is 0.375. The van der Waals surface area contributed by atoms with E-state index in [1.165, 1.54) is 5.56 Å². The van der Waals surface area contributed by atoms with E-state index in [9.17, 15) is 4.79 Å². The highest BCUT2D eigenvalue weighted by Gasteiger charge is 2.29. The Labute approximate surface area is 123 Å². The van der Waals surface area contributed by atoms with E-state index in [1.807, 2.05) is 38.2 Å². The Morgan fingerprint density at radius 3 is 2.85 bits per heavy atom. The van der Waals surface area contributed by atoms with Gasteiger partial charge in [-0.25, -0.2) is 0 Å². The molecule has 0 bridgehead atoms. The number of aromatic nitrogens is 2. The standard InChI is InChI=1S/C16H17ClN2O/c1-10-15(17)14(19(2)18-10)9-12-8-7-11-5-3-4-6-13(11)16(12)20/h3-6,12H,7-9H2,1-2H3. The topological polar surface area (TPSA) is 34.9 Å². The van der Waals surface area contributed by atoms with Crippen LogP contribution in [0.2, 0.25) is 5.02 Å². The number of Topliss-reactive ketones (excluding diaryl/α,β-unsaturated/α-hetero) is 1. The maximum absolute atomic E-state index is 12.6. The third kappa shape index (κ3) is 2.16. The molecule has 3 nitrogen and oxygen atoms in total. The van der Waals surface area contributed by atoms with E-state index in [2.05, 4.69) is 5.10 Å². The molecule has 1 aliphatic rings. The quantitative estimate of drug-likeness (QED) is 0.849. The van der Waals surface area contributed by atoms with Crippen molar-refractivity contribution in [1.82, 2.24) is 9.78 Å². The normalized spacial score (nSPS) is 18.1. The van der Waals surface area contributed by atoms with Crippen LogP contribution in [0.25, 0.3) is 0 Å². The number of rotatable bonds is 2. The number of aryl methyl sites for hydroxylation is 3. The molecule has 1 unspecified atom stereocenters. The third-order valence-electron chi connectivity index (χ3n) is 4.12. The van der Waals surface area contributed by atoms with Gasteiger partial charge >= 0.3 is 0 Å². The predicted octanol–water partition coefficient (Wildman–Crippen LogP) is 3.37. The summed E-state index contributed by atoms with van der Waals surface area (Å²) in [5.41, 5.74) is 3.83. The van der Waals surface area contributed by atoms with Crippen molar-refractivity contribution < 1.29 is 4.79 Å². The van der Waals surface area contributed by atoms with Crippen LogP contribution in [0.4, 0.5) is 0 Å². The fourth-order valence-electron chi connectivity index (χ4n) is 2.99. The van der Waals surface area contributed by atoms with Gasteiger partial charge in [-0.15, -0.1) is 0 Å².